The van der Waals surface area contributed by atoms with Gasteiger partial charge in [0.05, 0.1) is 0 Å². The van der Waals surface area contributed by atoms with Crippen LogP contribution < -0.4 is 10.3 Å². The van der Waals surface area contributed by atoms with Crippen LogP contribution in [0.5, 0.6) is 0 Å². The number of hydrogen-bond acceptors (Lipinski definition) is 2. The van der Waals surface area contributed by atoms with E-state index in [9.17, 15) is 0 Å². The number of anilines is 1. The monoisotopic (exact) mass is 117 g/mol. The molecule has 1 aliphatic heterocycles. The molecule has 9 heavy (non-hydrogen) atoms. The molecule has 0 fully saturated rings. The first-order valence-corrected chi connectivity index (χ1v) is 2.76. The number of nitrogens with zero attached hydrogens (tertiary/aromatic N) is 1. The molecule has 1 N–H and O–H groups in total. The number of para-hydroxylation sites is 1. The first-order chi connectivity index (χ1) is 4.47. The molecule has 0 unspecified atom stereocenters. The van der Waals surface area contributed by atoms with Crippen molar-refractivity contribution in [2.45, 2.75) is 0 Å². The summed E-state index contributed by atoms with van der Waals surface area (Å²) >= 11 is 0. The molecule has 42 valence electrons. The average Bonchev–Trinajstić information content (AvgIpc) is 2.33. The van der Waals surface area contributed by atoms with Crippen LogP contribution in [0.25, 0.3) is 0 Å². The highest BCUT2D eigenvalue weighted by Crippen LogP contribution is 2.20. The van der Waals surface area contributed by atoms with Gasteiger partial charge in [-0.25, -0.2) is 5.32 Å². The number of hydrogen-bond donors (Lipinski definition) is 1. The first kappa shape index (κ1) is 4.56. The van der Waals surface area contributed by atoms with Gasteiger partial charge < -0.3 is 0 Å². The summed E-state index contributed by atoms with van der Waals surface area (Å²) in [5, 5.41) is 2.95. The summed E-state index contributed by atoms with van der Waals surface area (Å²) in [6.45, 7) is 0. The van der Waals surface area contributed by atoms with Crippen LogP contribution in [-0.2, 0) is 0 Å². The van der Waals surface area contributed by atoms with Crippen LogP contribution in [0.3, 0.4) is 0 Å². The van der Waals surface area contributed by atoms with Crippen molar-refractivity contribution in [3.63, 3.8) is 0 Å². The SMILES string of the molecule is [c]1cccc2c1NC=[N+]2. The second-order valence-corrected chi connectivity index (χ2v) is 1.83. The highest BCUT2D eigenvalue weighted by Gasteiger charge is 2.12. The van der Waals surface area contributed by atoms with Crippen LogP contribution in [-0.4, -0.2) is 6.34 Å². The van der Waals surface area contributed by atoms with Crippen molar-refractivity contribution in [3.05, 3.63) is 24.3 Å². The Morgan fingerprint density at radius 3 is 3.44 bits per heavy atom. The van der Waals surface area contributed by atoms with Gasteiger partial charge in [0.2, 0.25) is 5.69 Å². The summed E-state index contributed by atoms with van der Waals surface area (Å²) < 4.78 is 0. The molecular weight excluding hydrogens is 112 g/mol. The molecule has 0 aliphatic carbocycles. The Bertz CT molecular complexity index is 253. The Labute approximate surface area is 53.2 Å². The maximum Gasteiger partial charge on any atom is 0.285 e. The summed E-state index contributed by atoms with van der Waals surface area (Å²) in [6, 6.07) is 8.74. The predicted octanol–water partition coefficient (Wildman–Crippen LogP) is 0.908. The van der Waals surface area contributed by atoms with E-state index in [1.54, 1.807) is 6.34 Å². The van der Waals surface area contributed by atoms with Gasteiger partial charge in [-0.3, -0.25) is 0 Å². The van der Waals surface area contributed by atoms with Crippen LogP contribution in [0.4, 0.5) is 11.4 Å². The molecule has 1 aliphatic rings. The molecule has 0 spiro atoms. The predicted molar refractivity (Wildman–Crippen MR) is 36.8 cm³/mol. The lowest BCUT2D eigenvalue weighted by Crippen LogP contribution is -1.86. The van der Waals surface area contributed by atoms with Gasteiger partial charge in [0, 0.05) is 6.07 Å². The summed E-state index contributed by atoms with van der Waals surface area (Å²) in [5.41, 5.74) is 1.94. The minimum absolute atomic E-state index is 0.970. The molecule has 0 saturated heterocycles. The number of benzene rings is 1. The fraction of sp³-hybridized carbons (Fsp3) is 0. The minimum atomic E-state index is 0.970. The van der Waals surface area contributed by atoms with Gasteiger partial charge in [-0.05, 0) is 17.1 Å². The van der Waals surface area contributed by atoms with Gasteiger partial charge in [0.1, 0.15) is 0 Å². The van der Waals surface area contributed by atoms with Crippen LogP contribution in [0, 0.1) is 6.07 Å². The van der Waals surface area contributed by atoms with Gasteiger partial charge in [-0.2, -0.15) is 0 Å². The zero-order chi connectivity index (χ0) is 6.10. The molecule has 0 aromatic heterocycles. The molecule has 2 radical (unpaired) electrons. The third-order valence-corrected chi connectivity index (χ3v) is 1.25. The normalized spacial score (nSPS) is 12.9. The van der Waals surface area contributed by atoms with E-state index in [0.717, 1.165) is 11.4 Å². The molecule has 0 bridgehead atoms. The summed E-state index contributed by atoms with van der Waals surface area (Å²) in [7, 11) is 0. The Kier molecular flexibility index (Phi) is 0.803. The third kappa shape index (κ3) is 0.598. The van der Waals surface area contributed by atoms with Gasteiger partial charge in [0.25, 0.3) is 6.34 Å². The molecule has 1 aromatic carbocycles. The van der Waals surface area contributed by atoms with Crippen LogP contribution in [0.2, 0.25) is 0 Å². The highest BCUT2D eigenvalue weighted by atomic mass is 15.0. The molecule has 0 amide bonds. The standard InChI is InChI=1S/C7H5N2/c1-2-4-7-6(3-1)8-5-9-7/h1-3,5,9H/q+1. The van der Waals surface area contributed by atoms with E-state index in [1.807, 2.05) is 18.2 Å². The van der Waals surface area contributed by atoms with Crippen LogP contribution in [0.15, 0.2) is 18.2 Å². The zero-order valence-electron chi connectivity index (χ0n) is 4.76. The lowest BCUT2D eigenvalue weighted by atomic mass is 10.3. The molecule has 0 atom stereocenters. The van der Waals surface area contributed by atoms with Crippen LogP contribution in [0.1, 0.15) is 0 Å². The smallest absolute Gasteiger partial charge is 0.240 e. The lowest BCUT2D eigenvalue weighted by Gasteiger charge is -1.83. The van der Waals surface area contributed by atoms with E-state index >= 15 is 0 Å². The summed E-state index contributed by atoms with van der Waals surface area (Å²) in [5.74, 6) is 0. The lowest BCUT2D eigenvalue weighted by molar-refractivity contribution is 1.44. The fourth-order valence-electron chi connectivity index (χ4n) is 0.818. The van der Waals surface area contributed by atoms with Gasteiger partial charge in [-0.15, -0.1) is 0 Å². The van der Waals surface area contributed by atoms with Crippen molar-refractivity contribution in [1.82, 2.24) is 4.99 Å². The maximum absolute atomic E-state index is 4.03. The quantitative estimate of drug-likeness (QED) is 0.537. The number of rotatable bonds is 0. The largest absolute Gasteiger partial charge is 0.285 e. The molecule has 2 nitrogen and oxygen atoms in total. The molecular formula is C7H5N2+. The third-order valence-electron chi connectivity index (χ3n) is 1.25. The van der Waals surface area contributed by atoms with Crippen molar-refractivity contribution in [3.8, 4) is 0 Å². The Hall–Kier alpha value is -1.31. The van der Waals surface area contributed by atoms with Crippen molar-refractivity contribution in [2.24, 2.45) is 0 Å². The van der Waals surface area contributed by atoms with E-state index in [2.05, 4.69) is 16.4 Å². The minimum Gasteiger partial charge on any atom is -0.240 e. The fourth-order valence-corrected chi connectivity index (χ4v) is 0.818. The van der Waals surface area contributed by atoms with Crippen molar-refractivity contribution >= 4 is 17.7 Å². The second-order valence-electron chi connectivity index (χ2n) is 1.83. The van der Waals surface area contributed by atoms with Gasteiger partial charge in [-0.1, -0.05) is 6.07 Å². The molecule has 1 aromatic rings. The van der Waals surface area contributed by atoms with E-state index in [0.29, 0.717) is 0 Å². The summed E-state index contributed by atoms with van der Waals surface area (Å²) in [6.07, 6.45) is 1.67. The number of aliphatic imine (C=N–C) groups is 1. The van der Waals surface area contributed by atoms with Crippen molar-refractivity contribution < 1.29 is 0 Å². The number of fused-ring (bicyclic) bond motifs is 1. The van der Waals surface area contributed by atoms with E-state index in [-0.39, 0.29) is 0 Å². The van der Waals surface area contributed by atoms with E-state index in [1.165, 1.54) is 0 Å². The van der Waals surface area contributed by atoms with Crippen molar-refractivity contribution in [1.29, 1.82) is 0 Å². The van der Waals surface area contributed by atoms with E-state index in [4.69, 9.17) is 0 Å². The van der Waals surface area contributed by atoms with Gasteiger partial charge >= 0.3 is 0 Å². The summed E-state index contributed by atoms with van der Waals surface area (Å²) in [4.78, 5) is 4.03. The molecule has 0 saturated carbocycles. The number of nitrogens with one attached hydrogen (secondary N) is 1. The first-order valence-electron chi connectivity index (χ1n) is 2.76. The Balaban J connectivity index is 2.63. The van der Waals surface area contributed by atoms with Crippen molar-refractivity contribution in [2.75, 3.05) is 5.32 Å². The topological polar surface area (TPSA) is 26.1 Å². The average molecular weight is 117 g/mol. The highest BCUT2D eigenvalue weighted by molar-refractivity contribution is 5.88. The molecule has 2 heteroatoms. The molecule has 2 rings (SSSR count). The Morgan fingerprint density at radius 1 is 1.56 bits per heavy atom. The van der Waals surface area contributed by atoms with Crippen LogP contribution >= 0.6 is 0 Å². The maximum atomic E-state index is 4.03. The zero-order valence-corrected chi connectivity index (χ0v) is 4.76. The molecule has 1 heterocycles. The second kappa shape index (κ2) is 1.58. The Morgan fingerprint density at radius 2 is 2.56 bits per heavy atom. The van der Waals surface area contributed by atoms with Gasteiger partial charge in [0.15, 0.2) is 5.69 Å². The van der Waals surface area contributed by atoms with E-state index < -0.39 is 0 Å².